The third-order valence-electron chi connectivity index (χ3n) is 0.983. The number of carbonyl (C=O) groups is 1. The summed E-state index contributed by atoms with van der Waals surface area (Å²) in [4.78, 5) is 10.6. The molecule has 0 atom stereocenters. The van der Waals surface area contributed by atoms with E-state index in [9.17, 15) is 26.4 Å². The molecular formula is C6H9F3O5S. The smallest absolute Gasteiger partial charge is 0.461 e. The van der Waals surface area contributed by atoms with Gasteiger partial charge in [0.2, 0.25) is 0 Å². The number of halogens is 3. The van der Waals surface area contributed by atoms with Crippen LogP contribution >= 0.6 is 0 Å². The van der Waals surface area contributed by atoms with Crippen LogP contribution in [0.15, 0.2) is 0 Å². The SMILES string of the molecule is CC(C)OC(=O)COS(=O)(=O)C(F)(F)F. The highest BCUT2D eigenvalue weighted by Crippen LogP contribution is 2.24. The first-order valence-electron chi connectivity index (χ1n) is 3.71. The Labute approximate surface area is 84.3 Å². The lowest BCUT2D eigenvalue weighted by Crippen LogP contribution is -2.28. The fourth-order valence-corrected chi connectivity index (χ4v) is 0.874. The summed E-state index contributed by atoms with van der Waals surface area (Å²) in [6.45, 7) is 1.62. The highest BCUT2D eigenvalue weighted by atomic mass is 32.2. The van der Waals surface area contributed by atoms with Gasteiger partial charge in [-0.05, 0) is 13.8 Å². The van der Waals surface area contributed by atoms with Gasteiger partial charge in [0.15, 0.2) is 6.61 Å². The van der Waals surface area contributed by atoms with Gasteiger partial charge in [-0.15, -0.1) is 0 Å². The molecule has 90 valence electrons. The van der Waals surface area contributed by atoms with Crippen molar-refractivity contribution in [3.63, 3.8) is 0 Å². The second-order valence-corrected chi connectivity index (χ2v) is 4.31. The van der Waals surface area contributed by atoms with Gasteiger partial charge < -0.3 is 4.74 Å². The number of hydrogen-bond acceptors (Lipinski definition) is 5. The summed E-state index contributed by atoms with van der Waals surface area (Å²) in [6.07, 6.45) is -0.560. The molecule has 0 saturated heterocycles. The van der Waals surface area contributed by atoms with Gasteiger partial charge in [-0.25, -0.2) is 4.79 Å². The molecule has 0 saturated carbocycles. The van der Waals surface area contributed by atoms with Crippen LogP contribution < -0.4 is 0 Å². The molecule has 0 aromatic rings. The van der Waals surface area contributed by atoms with Crippen LogP contribution in [0.3, 0.4) is 0 Å². The Morgan fingerprint density at radius 2 is 1.80 bits per heavy atom. The first-order chi connectivity index (χ1) is 6.56. The fourth-order valence-electron chi connectivity index (χ4n) is 0.489. The van der Waals surface area contributed by atoms with E-state index in [1.807, 2.05) is 0 Å². The quantitative estimate of drug-likeness (QED) is 0.419. The van der Waals surface area contributed by atoms with Crippen molar-refractivity contribution in [3.8, 4) is 0 Å². The second-order valence-electron chi connectivity index (χ2n) is 2.70. The Morgan fingerprint density at radius 3 is 2.13 bits per heavy atom. The van der Waals surface area contributed by atoms with E-state index in [-0.39, 0.29) is 0 Å². The van der Waals surface area contributed by atoms with Crippen LogP contribution in [0.25, 0.3) is 0 Å². The highest BCUT2D eigenvalue weighted by molar-refractivity contribution is 7.87. The lowest BCUT2D eigenvalue weighted by atomic mass is 10.5. The van der Waals surface area contributed by atoms with Crippen LogP contribution in [0.4, 0.5) is 13.2 Å². The average molecular weight is 250 g/mol. The Balaban J connectivity index is 4.24. The normalized spacial score (nSPS) is 12.9. The molecule has 0 fully saturated rings. The average Bonchev–Trinajstić information content (AvgIpc) is 1.97. The van der Waals surface area contributed by atoms with E-state index in [4.69, 9.17) is 0 Å². The maximum absolute atomic E-state index is 11.7. The summed E-state index contributed by atoms with van der Waals surface area (Å²) in [7, 11) is -5.73. The molecule has 0 heterocycles. The molecule has 0 N–H and O–H groups in total. The molecule has 5 nitrogen and oxygen atoms in total. The topological polar surface area (TPSA) is 69.7 Å². The van der Waals surface area contributed by atoms with Crippen molar-refractivity contribution >= 4 is 16.1 Å². The van der Waals surface area contributed by atoms with Gasteiger partial charge in [0, 0.05) is 0 Å². The standard InChI is InChI=1S/C6H9F3O5S/c1-4(2)14-5(10)3-13-15(11,12)6(7,8)9/h4H,3H2,1-2H3. The van der Waals surface area contributed by atoms with E-state index in [0.717, 1.165) is 0 Å². The summed E-state index contributed by atoms with van der Waals surface area (Å²) in [5.41, 5.74) is -5.54. The van der Waals surface area contributed by atoms with E-state index in [1.165, 1.54) is 13.8 Å². The second kappa shape index (κ2) is 4.79. The first-order valence-corrected chi connectivity index (χ1v) is 5.12. The summed E-state index contributed by atoms with van der Waals surface area (Å²) in [5, 5.41) is 0. The van der Waals surface area contributed by atoms with Crippen molar-refractivity contribution in [1.82, 2.24) is 0 Å². The molecule has 0 aromatic heterocycles. The largest absolute Gasteiger partial charge is 0.523 e. The van der Waals surface area contributed by atoms with Gasteiger partial charge >= 0.3 is 21.6 Å². The minimum absolute atomic E-state index is 0.560. The van der Waals surface area contributed by atoms with Crippen molar-refractivity contribution in [2.75, 3.05) is 6.61 Å². The zero-order chi connectivity index (χ0) is 12.3. The molecule has 0 aliphatic carbocycles. The van der Waals surface area contributed by atoms with Crippen LogP contribution in [0.2, 0.25) is 0 Å². The lowest BCUT2D eigenvalue weighted by molar-refractivity contribution is -0.150. The van der Waals surface area contributed by atoms with Crippen molar-refractivity contribution in [1.29, 1.82) is 0 Å². The maximum atomic E-state index is 11.7. The molecule has 0 spiro atoms. The Morgan fingerprint density at radius 1 is 1.33 bits per heavy atom. The molecule has 0 radical (unpaired) electrons. The minimum Gasteiger partial charge on any atom is -0.461 e. The van der Waals surface area contributed by atoms with E-state index in [2.05, 4.69) is 8.92 Å². The number of hydrogen-bond donors (Lipinski definition) is 0. The Kier molecular flexibility index (Phi) is 4.53. The molecule has 0 amide bonds. The van der Waals surface area contributed by atoms with Crippen LogP contribution in [0.1, 0.15) is 13.8 Å². The zero-order valence-corrected chi connectivity index (χ0v) is 8.68. The molecule has 0 rings (SSSR count). The predicted octanol–water partition coefficient (Wildman–Crippen LogP) is 0.804. The van der Waals surface area contributed by atoms with E-state index in [0.29, 0.717) is 0 Å². The maximum Gasteiger partial charge on any atom is 0.523 e. The van der Waals surface area contributed by atoms with Gasteiger partial charge in [0.05, 0.1) is 6.10 Å². The van der Waals surface area contributed by atoms with Crippen molar-refractivity contribution in [2.45, 2.75) is 25.5 Å². The number of ether oxygens (including phenoxy) is 1. The van der Waals surface area contributed by atoms with Crippen LogP contribution in [0, 0.1) is 0 Å². The van der Waals surface area contributed by atoms with Crippen molar-refractivity contribution in [3.05, 3.63) is 0 Å². The van der Waals surface area contributed by atoms with Crippen LogP contribution in [-0.2, 0) is 23.8 Å². The summed E-state index contributed by atoms with van der Waals surface area (Å²) in [6, 6.07) is 0. The molecule has 0 aromatic carbocycles. The van der Waals surface area contributed by atoms with E-state index >= 15 is 0 Å². The summed E-state index contributed by atoms with van der Waals surface area (Å²) in [5.74, 6) is -1.18. The molecule has 0 aliphatic heterocycles. The Bertz CT molecular complexity index is 318. The minimum atomic E-state index is -5.73. The van der Waals surface area contributed by atoms with Crippen LogP contribution in [-0.4, -0.2) is 32.6 Å². The summed E-state index contributed by atoms with van der Waals surface area (Å²) < 4.78 is 63.4. The molecule has 9 heteroatoms. The van der Waals surface area contributed by atoms with Crippen molar-refractivity contribution in [2.24, 2.45) is 0 Å². The fraction of sp³-hybridized carbons (Fsp3) is 0.833. The molecular weight excluding hydrogens is 241 g/mol. The number of esters is 1. The highest BCUT2D eigenvalue weighted by Gasteiger charge is 2.47. The van der Waals surface area contributed by atoms with E-state index in [1.54, 1.807) is 0 Å². The monoisotopic (exact) mass is 250 g/mol. The number of rotatable bonds is 4. The third-order valence-corrected chi connectivity index (χ3v) is 1.98. The zero-order valence-electron chi connectivity index (χ0n) is 7.87. The van der Waals surface area contributed by atoms with Crippen molar-refractivity contribution < 1.29 is 35.3 Å². The number of alkyl halides is 3. The van der Waals surface area contributed by atoms with Crippen LogP contribution in [0.5, 0.6) is 0 Å². The molecule has 15 heavy (non-hydrogen) atoms. The predicted molar refractivity (Wildman–Crippen MR) is 42.2 cm³/mol. The summed E-state index contributed by atoms with van der Waals surface area (Å²) >= 11 is 0. The van der Waals surface area contributed by atoms with Gasteiger partial charge in [0.1, 0.15) is 0 Å². The van der Waals surface area contributed by atoms with Gasteiger partial charge in [-0.2, -0.15) is 21.6 Å². The van der Waals surface area contributed by atoms with E-state index < -0.39 is 34.3 Å². The Hall–Kier alpha value is -0.830. The lowest BCUT2D eigenvalue weighted by Gasteiger charge is -2.09. The molecule has 0 bridgehead atoms. The first kappa shape index (κ1) is 14.2. The van der Waals surface area contributed by atoms with Gasteiger partial charge in [-0.3, -0.25) is 4.18 Å². The number of carbonyl (C=O) groups excluding carboxylic acids is 1. The third kappa shape index (κ3) is 4.98. The molecule has 0 aliphatic rings. The van der Waals surface area contributed by atoms with Gasteiger partial charge in [0.25, 0.3) is 0 Å². The molecule has 0 unspecified atom stereocenters. The van der Waals surface area contributed by atoms with Gasteiger partial charge in [-0.1, -0.05) is 0 Å².